The van der Waals surface area contributed by atoms with E-state index in [1.165, 1.54) is 6.39 Å². The Morgan fingerprint density at radius 1 is 1.50 bits per heavy atom. The Kier molecular flexibility index (Phi) is 2.84. The van der Waals surface area contributed by atoms with Crippen LogP contribution in [-0.4, -0.2) is 36.1 Å². The van der Waals surface area contributed by atoms with Crippen molar-refractivity contribution in [1.29, 1.82) is 0 Å². The summed E-state index contributed by atoms with van der Waals surface area (Å²) in [4.78, 5) is 6.54. The average molecular weight is 195 g/mol. The van der Waals surface area contributed by atoms with Gasteiger partial charge in [0.2, 0.25) is 0 Å². The van der Waals surface area contributed by atoms with Gasteiger partial charge >= 0.3 is 0 Å². The second-order valence-corrected chi connectivity index (χ2v) is 3.76. The van der Waals surface area contributed by atoms with Crippen molar-refractivity contribution >= 4 is 0 Å². The van der Waals surface area contributed by atoms with Crippen LogP contribution in [0.3, 0.4) is 0 Å². The van der Waals surface area contributed by atoms with Crippen LogP contribution in [-0.2, 0) is 0 Å². The van der Waals surface area contributed by atoms with Crippen LogP contribution in [0.15, 0.2) is 10.8 Å². The van der Waals surface area contributed by atoms with Crippen LogP contribution in [0.1, 0.15) is 24.4 Å². The number of oxazole rings is 1. The molecule has 1 atom stereocenters. The maximum Gasteiger partial charge on any atom is 0.181 e. The zero-order valence-electron chi connectivity index (χ0n) is 8.79. The molecule has 0 saturated carbocycles. The summed E-state index contributed by atoms with van der Waals surface area (Å²) in [7, 11) is 0. The van der Waals surface area contributed by atoms with Gasteiger partial charge in [0, 0.05) is 26.2 Å². The van der Waals surface area contributed by atoms with Gasteiger partial charge in [-0.1, -0.05) is 0 Å². The highest BCUT2D eigenvalue weighted by Crippen LogP contribution is 2.22. The predicted octanol–water partition coefficient (Wildman–Crippen LogP) is 0.949. The van der Waals surface area contributed by atoms with Gasteiger partial charge in [0.1, 0.15) is 5.76 Å². The van der Waals surface area contributed by atoms with Crippen LogP contribution in [0.4, 0.5) is 0 Å². The molecule has 0 amide bonds. The van der Waals surface area contributed by atoms with Crippen LogP contribution in [0.5, 0.6) is 0 Å². The summed E-state index contributed by atoms with van der Waals surface area (Å²) in [6, 6.07) is 0.347. The number of piperazine rings is 1. The van der Waals surface area contributed by atoms with E-state index in [1.807, 2.05) is 6.92 Å². The molecule has 0 radical (unpaired) electrons. The highest BCUT2D eigenvalue weighted by atomic mass is 16.3. The fourth-order valence-electron chi connectivity index (χ4n) is 1.95. The molecule has 1 fully saturated rings. The Morgan fingerprint density at radius 3 is 2.79 bits per heavy atom. The van der Waals surface area contributed by atoms with Gasteiger partial charge in [0.05, 0.1) is 11.7 Å². The van der Waals surface area contributed by atoms with Gasteiger partial charge in [-0.15, -0.1) is 0 Å². The van der Waals surface area contributed by atoms with E-state index in [4.69, 9.17) is 4.42 Å². The fourth-order valence-corrected chi connectivity index (χ4v) is 1.95. The first-order chi connectivity index (χ1) is 6.79. The standard InChI is InChI=1S/C10H17N3O/c1-8-10(14-7-12-8)9(2)13-5-3-11-4-6-13/h7,9,11H,3-6H2,1-2H3. The first kappa shape index (κ1) is 9.68. The molecule has 1 aromatic rings. The summed E-state index contributed by atoms with van der Waals surface area (Å²) in [6.07, 6.45) is 1.53. The lowest BCUT2D eigenvalue weighted by molar-refractivity contribution is 0.166. The molecule has 1 saturated heterocycles. The molecule has 0 aliphatic carbocycles. The van der Waals surface area contributed by atoms with Crippen molar-refractivity contribution in [1.82, 2.24) is 15.2 Å². The maximum absolute atomic E-state index is 5.41. The largest absolute Gasteiger partial charge is 0.447 e. The first-order valence-corrected chi connectivity index (χ1v) is 5.14. The summed E-state index contributed by atoms with van der Waals surface area (Å²) in [5.41, 5.74) is 1.01. The van der Waals surface area contributed by atoms with Crippen molar-refractivity contribution in [2.24, 2.45) is 0 Å². The molecule has 0 aromatic carbocycles. The van der Waals surface area contributed by atoms with E-state index < -0.39 is 0 Å². The molecular weight excluding hydrogens is 178 g/mol. The fraction of sp³-hybridized carbons (Fsp3) is 0.700. The van der Waals surface area contributed by atoms with Crippen molar-refractivity contribution in [3.05, 3.63) is 17.8 Å². The minimum Gasteiger partial charge on any atom is -0.447 e. The van der Waals surface area contributed by atoms with Crippen LogP contribution in [0, 0.1) is 6.92 Å². The Morgan fingerprint density at radius 2 is 2.21 bits per heavy atom. The van der Waals surface area contributed by atoms with Gasteiger partial charge in [-0.25, -0.2) is 4.98 Å². The van der Waals surface area contributed by atoms with Crippen molar-refractivity contribution in [2.75, 3.05) is 26.2 Å². The van der Waals surface area contributed by atoms with Crippen LogP contribution in [0.2, 0.25) is 0 Å². The smallest absolute Gasteiger partial charge is 0.181 e. The SMILES string of the molecule is Cc1ncoc1C(C)N1CCNCC1. The molecule has 1 N–H and O–H groups in total. The average Bonchev–Trinajstić information content (AvgIpc) is 2.65. The van der Waals surface area contributed by atoms with Crippen molar-refractivity contribution in [3.63, 3.8) is 0 Å². The second kappa shape index (κ2) is 4.11. The normalized spacial score (nSPS) is 21.0. The highest BCUT2D eigenvalue weighted by molar-refractivity contribution is 5.09. The molecule has 4 nitrogen and oxygen atoms in total. The van der Waals surface area contributed by atoms with E-state index in [9.17, 15) is 0 Å². The summed E-state index contributed by atoms with van der Waals surface area (Å²) in [6.45, 7) is 8.48. The lowest BCUT2D eigenvalue weighted by Crippen LogP contribution is -2.44. The Hall–Kier alpha value is -0.870. The third kappa shape index (κ3) is 1.81. The van der Waals surface area contributed by atoms with Gasteiger partial charge in [0.15, 0.2) is 6.39 Å². The van der Waals surface area contributed by atoms with Gasteiger partial charge in [0.25, 0.3) is 0 Å². The van der Waals surface area contributed by atoms with E-state index in [2.05, 4.69) is 22.1 Å². The molecule has 0 spiro atoms. The van der Waals surface area contributed by atoms with E-state index in [-0.39, 0.29) is 0 Å². The lowest BCUT2D eigenvalue weighted by atomic mass is 10.1. The van der Waals surface area contributed by atoms with Gasteiger partial charge in [-0.3, -0.25) is 4.90 Å². The van der Waals surface area contributed by atoms with Gasteiger partial charge in [-0.2, -0.15) is 0 Å². The minimum atomic E-state index is 0.347. The molecule has 1 aliphatic heterocycles. The topological polar surface area (TPSA) is 41.3 Å². The molecule has 4 heteroatoms. The van der Waals surface area contributed by atoms with E-state index >= 15 is 0 Å². The monoisotopic (exact) mass is 195 g/mol. The van der Waals surface area contributed by atoms with E-state index in [0.29, 0.717) is 6.04 Å². The number of aromatic nitrogens is 1. The summed E-state index contributed by atoms with van der Waals surface area (Å²) in [5.74, 6) is 1.01. The number of nitrogens with zero attached hydrogens (tertiary/aromatic N) is 2. The minimum absolute atomic E-state index is 0.347. The first-order valence-electron chi connectivity index (χ1n) is 5.14. The molecule has 0 bridgehead atoms. The number of aryl methyl sites for hydroxylation is 1. The zero-order chi connectivity index (χ0) is 9.97. The third-order valence-electron chi connectivity index (χ3n) is 2.86. The van der Waals surface area contributed by atoms with E-state index in [0.717, 1.165) is 37.6 Å². The van der Waals surface area contributed by atoms with E-state index in [1.54, 1.807) is 0 Å². The zero-order valence-corrected chi connectivity index (χ0v) is 8.79. The van der Waals surface area contributed by atoms with Crippen molar-refractivity contribution in [3.8, 4) is 0 Å². The Labute approximate surface area is 84.3 Å². The van der Waals surface area contributed by atoms with Crippen molar-refractivity contribution < 1.29 is 4.42 Å². The molecule has 1 unspecified atom stereocenters. The molecule has 2 rings (SSSR count). The van der Waals surface area contributed by atoms with Crippen LogP contribution < -0.4 is 5.32 Å². The molecule has 78 valence electrons. The number of nitrogens with one attached hydrogen (secondary N) is 1. The summed E-state index contributed by atoms with van der Waals surface area (Å²) >= 11 is 0. The molecule has 2 heterocycles. The quantitative estimate of drug-likeness (QED) is 0.763. The number of rotatable bonds is 2. The highest BCUT2D eigenvalue weighted by Gasteiger charge is 2.21. The van der Waals surface area contributed by atoms with Crippen LogP contribution in [0.25, 0.3) is 0 Å². The number of hydrogen-bond donors (Lipinski definition) is 1. The Balaban J connectivity index is 2.07. The lowest BCUT2D eigenvalue weighted by Gasteiger charge is -2.31. The summed E-state index contributed by atoms with van der Waals surface area (Å²) in [5, 5.41) is 3.34. The third-order valence-corrected chi connectivity index (χ3v) is 2.86. The van der Waals surface area contributed by atoms with Gasteiger partial charge in [-0.05, 0) is 13.8 Å². The Bertz CT molecular complexity index is 291. The molecule has 1 aromatic heterocycles. The van der Waals surface area contributed by atoms with Crippen molar-refractivity contribution in [2.45, 2.75) is 19.9 Å². The molecular formula is C10H17N3O. The van der Waals surface area contributed by atoms with Gasteiger partial charge < -0.3 is 9.73 Å². The summed E-state index contributed by atoms with van der Waals surface area (Å²) < 4.78 is 5.41. The van der Waals surface area contributed by atoms with Crippen LogP contribution >= 0.6 is 0 Å². The molecule has 1 aliphatic rings. The second-order valence-electron chi connectivity index (χ2n) is 3.76. The molecule has 14 heavy (non-hydrogen) atoms. The predicted molar refractivity (Wildman–Crippen MR) is 54.1 cm³/mol. The number of hydrogen-bond acceptors (Lipinski definition) is 4. The maximum atomic E-state index is 5.41.